The molecule has 0 radical (unpaired) electrons. The maximum Gasteiger partial charge on any atom is 0.0415 e. The third-order valence-electron chi connectivity index (χ3n) is 2.25. The van der Waals surface area contributed by atoms with Crippen molar-refractivity contribution < 1.29 is 0 Å². The van der Waals surface area contributed by atoms with E-state index < -0.39 is 0 Å². The first-order valence-electron chi connectivity index (χ1n) is 6.71. The number of hydrogen-bond acceptors (Lipinski definition) is 0. The topological polar surface area (TPSA) is 0 Å². The Balaban J connectivity index is -0.0000000165. The number of rotatable bonds is 5. The molecule has 0 aromatic carbocycles. The zero-order valence-corrected chi connectivity index (χ0v) is 15.4. The predicted molar refractivity (Wildman–Crippen MR) is 129 cm³/mol. The van der Waals surface area contributed by atoms with Gasteiger partial charge in [0, 0.05) is 19.0 Å². The van der Waals surface area contributed by atoms with Crippen molar-refractivity contribution in [3.63, 3.8) is 0 Å². The van der Waals surface area contributed by atoms with E-state index in [9.17, 15) is 0 Å². The van der Waals surface area contributed by atoms with E-state index in [4.69, 9.17) is 0 Å². The van der Waals surface area contributed by atoms with E-state index in [2.05, 4.69) is 47.0 Å². The van der Waals surface area contributed by atoms with Gasteiger partial charge >= 0.3 is 0 Å². The summed E-state index contributed by atoms with van der Waals surface area (Å²) in [5.41, 5.74) is 3.13. The second-order valence-corrected chi connectivity index (χ2v) is 7.78. The molecule has 2 heteroatoms. The van der Waals surface area contributed by atoms with Crippen LogP contribution in [0.25, 0.3) is 0 Å². The fraction of sp³-hybridized carbons (Fsp3) is 0.800. The molecule has 0 aromatic heterocycles. The molecule has 0 aliphatic carbocycles. The van der Waals surface area contributed by atoms with Gasteiger partial charge in [-0.05, 0) is 12.8 Å². The average molecular weight is 355 g/mol. The second kappa shape index (κ2) is 58.4. The molecule has 1 atom stereocenters. The van der Waals surface area contributed by atoms with E-state index in [1.165, 1.54) is 12.8 Å². The number of allylic oxidation sites excluding steroid dienone is 1. The molecule has 1 unspecified atom stereocenters. The summed E-state index contributed by atoms with van der Waals surface area (Å²) in [6.45, 7) is 20.4. The van der Waals surface area contributed by atoms with Crippen LogP contribution in [-0.4, -0.2) is 19.0 Å². The van der Waals surface area contributed by atoms with Crippen LogP contribution < -0.4 is 0 Å². The van der Waals surface area contributed by atoms with Crippen LogP contribution in [0.5, 0.6) is 0 Å². The largest absolute Gasteiger partial charge is 0.109 e. The molecule has 22 heavy (non-hydrogen) atoms. The first-order valence-corrected chi connectivity index (χ1v) is 11.2. The zero-order chi connectivity index (χ0) is 13.4. The van der Waals surface area contributed by atoms with Crippen LogP contribution in [0.4, 0.5) is 0 Å². The third-order valence-corrected chi connectivity index (χ3v) is 4.89. The Bertz CT molecular complexity index is 128. The fourth-order valence-electron chi connectivity index (χ4n) is 1.29. The van der Waals surface area contributed by atoms with Crippen molar-refractivity contribution >= 4 is 19.0 Å². The Labute approximate surface area is 153 Å². The van der Waals surface area contributed by atoms with E-state index in [1.54, 1.807) is 6.08 Å². The van der Waals surface area contributed by atoms with Crippen LogP contribution in [0, 0.1) is 5.92 Å². The van der Waals surface area contributed by atoms with Gasteiger partial charge in [0.15, 0.2) is 0 Å². The van der Waals surface area contributed by atoms with E-state index in [-0.39, 0.29) is 63.6 Å². The highest BCUT2D eigenvalue weighted by Crippen LogP contribution is 2.19. The summed E-state index contributed by atoms with van der Waals surface area (Å²) in [5, 5.41) is 0. The Hall–Kier alpha value is -0.0862. The molecule has 0 bridgehead atoms. The van der Waals surface area contributed by atoms with Crippen LogP contribution in [0.2, 0.25) is 18.6 Å². The minimum Gasteiger partial charge on any atom is -0.109 e. The SMILES string of the molecule is C.C.C.C.C.C.C=CC.C=C[SiH2]C.CCC(CC(C)C)[SiH2]C. The molecule has 0 nitrogen and oxygen atoms in total. The van der Waals surface area contributed by atoms with Crippen molar-refractivity contribution in [1.29, 1.82) is 0 Å². The summed E-state index contributed by atoms with van der Waals surface area (Å²) in [6, 6.07) is 0. The molecular formula is C20H58Si2. The molecule has 0 rings (SSSR count). The normalized spacial score (nSPS) is 8.68. The van der Waals surface area contributed by atoms with Gasteiger partial charge in [-0.25, -0.2) is 0 Å². The van der Waals surface area contributed by atoms with Gasteiger partial charge < -0.3 is 0 Å². The van der Waals surface area contributed by atoms with E-state index in [0.29, 0.717) is 0 Å². The van der Waals surface area contributed by atoms with Gasteiger partial charge in [-0.15, -0.1) is 18.9 Å². The summed E-state index contributed by atoms with van der Waals surface area (Å²) in [4.78, 5) is 0. The van der Waals surface area contributed by atoms with Crippen LogP contribution in [0.3, 0.4) is 0 Å². The molecule has 0 saturated carbocycles. The van der Waals surface area contributed by atoms with Gasteiger partial charge in [-0.2, -0.15) is 0 Å². The lowest BCUT2D eigenvalue weighted by atomic mass is 10.1. The van der Waals surface area contributed by atoms with Crippen LogP contribution >= 0.6 is 0 Å². The molecule has 146 valence electrons. The van der Waals surface area contributed by atoms with Crippen LogP contribution in [0.1, 0.15) is 85.1 Å². The molecule has 0 N–H and O–H groups in total. The van der Waals surface area contributed by atoms with Crippen molar-refractivity contribution in [2.24, 2.45) is 5.92 Å². The lowest BCUT2D eigenvalue weighted by Crippen LogP contribution is -2.02. The average Bonchev–Trinajstić information content (AvgIpc) is 2.27. The van der Waals surface area contributed by atoms with E-state index in [1.807, 2.05) is 12.6 Å². The summed E-state index contributed by atoms with van der Waals surface area (Å²) in [7, 11) is 0.473. The Morgan fingerprint density at radius 1 is 0.909 bits per heavy atom. The zero-order valence-electron chi connectivity index (χ0n) is 12.6. The van der Waals surface area contributed by atoms with Crippen LogP contribution in [-0.2, 0) is 0 Å². The van der Waals surface area contributed by atoms with Gasteiger partial charge in [-0.1, -0.05) is 103 Å². The summed E-state index contributed by atoms with van der Waals surface area (Å²) < 4.78 is 0. The lowest BCUT2D eigenvalue weighted by Gasteiger charge is -2.13. The Morgan fingerprint density at radius 2 is 1.18 bits per heavy atom. The first-order chi connectivity index (χ1) is 7.53. The van der Waals surface area contributed by atoms with E-state index >= 15 is 0 Å². The van der Waals surface area contributed by atoms with Crippen LogP contribution in [0.15, 0.2) is 24.9 Å². The standard InChI is InChI=1S/C8H20Si.C3H8Si.C3H6.6CH4/c1-5-8(9-4)6-7(2)3;1-3-4-2;1-3-2;;;;;;/h7-8H,5-6,9H2,1-4H3;3H,1,4H2,2H3;3H,1H2,2H3;6*1H4. The molecule has 0 saturated heterocycles. The quantitative estimate of drug-likeness (QED) is 0.349. The highest BCUT2D eigenvalue weighted by atomic mass is 28.2. The Morgan fingerprint density at radius 3 is 1.23 bits per heavy atom. The minimum absolute atomic E-state index is 0. The highest BCUT2D eigenvalue weighted by Gasteiger charge is 2.04. The molecule has 0 spiro atoms. The summed E-state index contributed by atoms with van der Waals surface area (Å²) in [6.07, 6.45) is 4.64. The van der Waals surface area contributed by atoms with Crippen molar-refractivity contribution in [3.8, 4) is 0 Å². The maximum atomic E-state index is 3.54. The maximum absolute atomic E-state index is 3.54. The molecule has 0 fully saturated rings. The molecule has 0 aromatic rings. The second-order valence-electron chi connectivity index (χ2n) is 4.42. The van der Waals surface area contributed by atoms with Crippen molar-refractivity contribution in [2.45, 2.75) is 104 Å². The number of hydrogen-bond donors (Lipinski definition) is 0. The molecule has 0 aliphatic heterocycles. The minimum atomic E-state index is 0. The smallest absolute Gasteiger partial charge is 0.0415 e. The van der Waals surface area contributed by atoms with Crippen molar-refractivity contribution in [2.75, 3.05) is 0 Å². The summed E-state index contributed by atoms with van der Waals surface area (Å²) in [5.74, 6) is 0.919. The predicted octanol–water partition coefficient (Wildman–Crippen LogP) is 7.80. The third kappa shape index (κ3) is 89.7. The van der Waals surface area contributed by atoms with Crippen molar-refractivity contribution in [1.82, 2.24) is 0 Å². The monoisotopic (exact) mass is 354 g/mol. The Kier molecular flexibility index (Phi) is 153. The van der Waals surface area contributed by atoms with E-state index in [0.717, 1.165) is 11.5 Å². The van der Waals surface area contributed by atoms with Gasteiger partial charge in [0.05, 0.1) is 0 Å². The fourth-order valence-corrected chi connectivity index (χ4v) is 2.87. The van der Waals surface area contributed by atoms with Crippen molar-refractivity contribution in [3.05, 3.63) is 24.9 Å². The highest BCUT2D eigenvalue weighted by molar-refractivity contribution is 6.39. The molecule has 0 heterocycles. The van der Waals surface area contributed by atoms with Gasteiger partial charge in [0.2, 0.25) is 0 Å². The lowest BCUT2D eigenvalue weighted by molar-refractivity contribution is 0.546. The molecule has 0 amide bonds. The van der Waals surface area contributed by atoms with Gasteiger partial charge in [0.25, 0.3) is 0 Å². The molecular weight excluding hydrogens is 296 g/mol. The van der Waals surface area contributed by atoms with Gasteiger partial charge in [-0.3, -0.25) is 0 Å². The molecule has 0 aliphatic rings. The van der Waals surface area contributed by atoms with Gasteiger partial charge in [0.1, 0.15) is 0 Å². The first kappa shape index (κ1) is 57.5. The summed E-state index contributed by atoms with van der Waals surface area (Å²) >= 11 is 0.